The van der Waals surface area contributed by atoms with Gasteiger partial charge >= 0.3 is 5.97 Å². The van der Waals surface area contributed by atoms with Gasteiger partial charge < -0.3 is 10.0 Å². The molecular formula is C22H26N2O3. The Morgan fingerprint density at radius 1 is 1.15 bits per heavy atom. The van der Waals surface area contributed by atoms with Crippen molar-refractivity contribution in [3.63, 3.8) is 0 Å². The number of aromatic carboxylic acids is 1. The Morgan fingerprint density at radius 2 is 1.85 bits per heavy atom. The molecule has 0 radical (unpaired) electrons. The molecule has 5 heteroatoms. The molecule has 3 rings (SSSR count). The van der Waals surface area contributed by atoms with Gasteiger partial charge in [0.2, 0.25) is 5.91 Å². The van der Waals surface area contributed by atoms with Crippen molar-refractivity contribution in [1.82, 2.24) is 9.88 Å². The maximum atomic E-state index is 12.6. The highest BCUT2D eigenvalue weighted by molar-refractivity contribution is 5.89. The minimum absolute atomic E-state index is 0.0984. The molecule has 0 saturated carbocycles. The third kappa shape index (κ3) is 4.35. The predicted octanol–water partition coefficient (Wildman–Crippen LogP) is 3.59. The zero-order chi connectivity index (χ0) is 19.6. The van der Waals surface area contributed by atoms with Gasteiger partial charge in [-0.1, -0.05) is 45.0 Å². The van der Waals surface area contributed by atoms with Gasteiger partial charge in [0.05, 0.1) is 5.56 Å². The standard InChI is InChI=1S/C22H26N2O3/c1-22(2,3)17-7-4-15(5-8-17)6-9-20(25)24-11-10-18-16(14-24)12-23-13-19(18)21(26)27/h4-5,7-8,12-13H,6,9-11,14H2,1-3H3,(H,26,27). The van der Waals surface area contributed by atoms with Crippen LogP contribution in [0.25, 0.3) is 0 Å². The Balaban J connectivity index is 1.61. The van der Waals surface area contributed by atoms with Gasteiger partial charge in [-0.25, -0.2) is 4.79 Å². The molecule has 1 aromatic carbocycles. The molecule has 0 unspecified atom stereocenters. The summed E-state index contributed by atoms with van der Waals surface area (Å²) >= 11 is 0. The fourth-order valence-corrected chi connectivity index (χ4v) is 3.47. The van der Waals surface area contributed by atoms with Gasteiger partial charge in [-0.05, 0) is 40.5 Å². The van der Waals surface area contributed by atoms with Crippen molar-refractivity contribution in [2.24, 2.45) is 0 Å². The minimum Gasteiger partial charge on any atom is -0.478 e. The van der Waals surface area contributed by atoms with Gasteiger partial charge in [-0.2, -0.15) is 0 Å². The summed E-state index contributed by atoms with van der Waals surface area (Å²) in [6.45, 7) is 7.55. The minimum atomic E-state index is -0.960. The van der Waals surface area contributed by atoms with E-state index in [1.807, 2.05) is 0 Å². The largest absolute Gasteiger partial charge is 0.478 e. The summed E-state index contributed by atoms with van der Waals surface area (Å²) in [5.74, 6) is -0.862. The van der Waals surface area contributed by atoms with E-state index in [4.69, 9.17) is 0 Å². The summed E-state index contributed by atoms with van der Waals surface area (Å²) in [6, 6.07) is 8.47. The molecule has 142 valence electrons. The first-order chi connectivity index (χ1) is 12.8. The molecule has 27 heavy (non-hydrogen) atoms. The van der Waals surface area contributed by atoms with Crippen molar-refractivity contribution < 1.29 is 14.7 Å². The van der Waals surface area contributed by atoms with Gasteiger partial charge in [-0.3, -0.25) is 9.78 Å². The average Bonchev–Trinajstić information content (AvgIpc) is 2.64. The van der Waals surface area contributed by atoms with E-state index in [9.17, 15) is 14.7 Å². The third-order valence-electron chi connectivity index (χ3n) is 5.17. The lowest BCUT2D eigenvalue weighted by atomic mass is 9.86. The molecule has 0 bridgehead atoms. The van der Waals surface area contributed by atoms with Gasteiger partial charge in [0.15, 0.2) is 0 Å². The van der Waals surface area contributed by atoms with E-state index in [0.29, 0.717) is 32.4 Å². The van der Waals surface area contributed by atoms with Crippen LogP contribution >= 0.6 is 0 Å². The highest BCUT2D eigenvalue weighted by atomic mass is 16.4. The SMILES string of the molecule is CC(C)(C)c1ccc(CCC(=O)N2CCc3c(cncc3C(=O)O)C2)cc1. The molecule has 1 amide bonds. The first kappa shape index (κ1) is 19.1. The maximum absolute atomic E-state index is 12.6. The van der Waals surface area contributed by atoms with Crippen LogP contribution in [0.5, 0.6) is 0 Å². The second-order valence-electron chi connectivity index (χ2n) is 8.14. The second-order valence-corrected chi connectivity index (χ2v) is 8.14. The van der Waals surface area contributed by atoms with E-state index in [2.05, 4.69) is 50.0 Å². The fraction of sp³-hybridized carbons (Fsp3) is 0.409. The van der Waals surface area contributed by atoms with Crippen LogP contribution in [0.4, 0.5) is 0 Å². The molecule has 0 spiro atoms. The first-order valence-corrected chi connectivity index (χ1v) is 9.32. The molecule has 0 saturated heterocycles. The van der Waals surface area contributed by atoms with E-state index < -0.39 is 5.97 Å². The molecule has 0 fully saturated rings. The van der Waals surface area contributed by atoms with Crippen molar-refractivity contribution in [3.05, 3.63) is 64.5 Å². The third-order valence-corrected chi connectivity index (χ3v) is 5.17. The van der Waals surface area contributed by atoms with Crippen molar-refractivity contribution in [2.45, 2.75) is 52.0 Å². The first-order valence-electron chi connectivity index (χ1n) is 9.32. The highest BCUT2D eigenvalue weighted by Crippen LogP contribution is 2.24. The van der Waals surface area contributed by atoms with Crippen LogP contribution in [0.3, 0.4) is 0 Å². The van der Waals surface area contributed by atoms with Crippen molar-refractivity contribution >= 4 is 11.9 Å². The molecular weight excluding hydrogens is 340 g/mol. The molecule has 0 aliphatic carbocycles. The van der Waals surface area contributed by atoms with E-state index in [1.165, 1.54) is 11.8 Å². The number of carbonyl (C=O) groups is 2. The van der Waals surface area contributed by atoms with E-state index in [-0.39, 0.29) is 16.9 Å². The number of hydrogen-bond donors (Lipinski definition) is 1. The van der Waals surface area contributed by atoms with Gasteiger partial charge in [0.1, 0.15) is 0 Å². The van der Waals surface area contributed by atoms with Gasteiger partial charge in [0, 0.05) is 31.9 Å². The topological polar surface area (TPSA) is 70.5 Å². The smallest absolute Gasteiger partial charge is 0.337 e. The number of amides is 1. The van der Waals surface area contributed by atoms with Gasteiger partial charge in [-0.15, -0.1) is 0 Å². The molecule has 1 aliphatic rings. The van der Waals surface area contributed by atoms with Crippen molar-refractivity contribution in [1.29, 1.82) is 0 Å². The number of carboxylic acids is 1. The number of nitrogens with zero attached hydrogens (tertiary/aromatic N) is 2. The lowest BCUT2D eigenvalue weighted by Gasteiger charge is -2.29. The number of aryl methyl sites for hydroxylation is 1. The molecule has 1 N–H and O–H groups in total. The van der Waals surface area contributed by atoms with Crippen LogP contribution in [0.1, 0.15) is 59.8 Å². The second kappa shape index (κ2) is 7.51. The number of benzene rings is 1. The molecule has 0 atom stereocenters. The summed E-state index contributed by atoms with van der Waals surface area (Å²) in [6.07, 6.45) is 4.79. The average molecular weight is 366 g/mol. The normalized spacial score (nSPS) is 14.0. The summed E-state index contributed by atoms with van der Waals surface area (Å²) in [5, 5.41) is 9.28. The van der Waals surface area contributed by atoms with Crippen LogP contribution in [-0.2, 0) is 29.6 Å². The van der Waals surface area contributed by atoms with Crippen LogP contribution < -0.4 is 0 Å². The number of carbonyl (C=O) groups excluding carboxylic acids is 1. The number of aromatic nitrogens is 1. The Hall–Kier alpha value is -2.69. The molecule has 2 heterocycles. The molecule has 1 aliphatic heterocycles. The lowest BCUT2D eigenvalue weighted by molar-refractivity contribution is -0.132. The Bertz CT molecular complexity index is 851. The maximum Gasteiger partial charge on any atom is 0.337 e. The summed E-state index contributed by atoms with van der Waals surface area (Å²) in [4.78, 5) is 29.7. The summed E-state index contributed by atoms with van der Waals surface area (Å²) in [7, 11) is 0. The summed E-state index contributed by atoms with van der Waals surface area (Å²) in [5.41, 5.74) is 4.45. The zero-order valence-electron chi connectivity index (χ0n) is 16.2. The fourth-order valence-electron chi connectivity index (χ4n) is 3.47. The van der Waals surface area contributed by atoms with E-state index in [1.54, 1.807) is 11.1 Å². The Morgan fingerprint density at radius 3 is 2.48 bits per heavy atom. The lowest BCUT2D eigenvalue weighted by Crippen LogP contribution is -2.36. The predicted molar refractivity (Wildman–Crippen MR) is 104 cm³/mol. The number of pyridine rings is 1. The summed E-state index contributed by atoms with van der Waals surface area (Å²) < 4.78 is 0. The Labute approximate surface area is 160 Å². The van der Waals surface area contributed by atoms with E-state index in [0.717, 1.165) is 16.7 Å². The van der Waals surface area contributed by atoms with E-state index >= 15 is 0 Å². The van der Waals surface area contributed by atoms with Crippen molar-refractivity contribution in [3.8, 4) is 0 Å². The van der Waals surface area contributed by atoms with Crippen LogP contribution in [0.2, 0.25) is 0 Å². The number of fused-ring (bicyclic) bond motifs is 1. The highest BCUT2D eigenvalue weighted by Gasteiger charge is 2.24. The van der Waals surface area contributed by atoms with Crippen LogP contribution in [0.15, 0.2) is 36.7 Å². The molecule has 2 aromatic rings. The number of hydrogen-bond acceptors (Lipinski definition) is 3. The zero-order valence-corrected chi connectivity index (χ0v) is 16.2. The molecule has 1 aromatic heterocycles. The number of rotatable bonds is 4. The monoisotopic (exact) mass is 366 g/mol. The van der Waals surface area contributed by atoms with Crippen LogP contribution in [-0.4, -0.2) is 33.4 Å². The quantitative estimate of drug-likeness (QED) is 0.898. The number of carboxylic acid groups (broad SMARTS) is 1. The van der Waals surface area contributed by atoms with Gasteiger partial charge in [0.25, 0.3) is 0 Å². The van der Waals surface area contributed by atoms with Crippen molar-refractivity contribution in [2.75, 3.05) is 6.54 Å². The Kier molecular flexibility index (Phi) is 5.31. The van der Waals surface area contributed by atoms with Crippen LogP contribution in [0, 0.1) is 0 Å². The molecule has 5 nitrogen and oxygen atoms in total.